The highest BCUT2D eigenvalue weighted by Crippen LogP contribution is 2.29. The maximum Gasteiger partial charge on any atom is 0.222 e. The maximum absolute atomic E-state index is 12.3. The molecule has 1 aliphatic rings. The molecule has 1 N–H and O–H groups in total. The first-order chi connectivity index (χ1) is 13.5. The zero-order chi connectivity index (χ0) is 19.7. The predicted molar refractivity (Wildman–Crippen MR) is 115 cm³/mol. The van der Waals surface area contributed by atoms with E-state index in [0.717, 1.165) is 54.3 Å². The number of nitrogens with one attached hydrogen (secondary N) is 1. The molecule has 3 aromatic heterocycles. The largest absolute Gasteiger partial charge is 0.353 e. The standard InChI is InChI=1S/C21H24ClN5O.H2/c1-14(2)10-20(28)27-8-6-26(7-9-27)19-5-3-4-18(25-19)17-13-24-21-16(17)11-15(22)12-23-21;/h3-5,11-14H,6-10H2,1-2H3,(H,23,24);1H. The highest BCUT2D eigenvalue weighted by Gasteiger charge is 2.22. The number of H-pyrrole nitrogens is 1. The lowest BCUT2D eigenvalue weighted by atomic mass is 10.1. The molecule has 0 spiro atoms. The third-order valence-corrected chi connectivity index (χ3v) is 5.25. The van der Waals surface area contributed by atoms with Crippen molar-refractivity contribution in [1.82, 2.24) is 19.9 Å². The van der Waals surface area contributed by atoms with E-state index < -0.39 is 0 Å². The minimum absolute atomic E-state index is 0. The van der Waals surface area contributed by atoms with Crippen molar-refractivity contribution in [2.45, 2.75) is 20.3 Å². The highest BCUT2D eigenvalue weighted by atomic mass is 35.5. The molecule has 28 heavy (non-hydrogen) atoms. The molecule has 4 rings (SSSR count). The van der Waals surface area contributed by atoms with Crippen LogP contribution < -0.4 is 4.90 Å². The van der Waals surface area contributed by atoms with Crippen molar-refractivity contribution in [3.8, 4) is 11.3 Å². The Morgan fingerprint density at radius 1 is 1.29 bits per heavy atom. The average molecular weight is 400 g/mol. The molecule has 3 aromatic rings. The van der Waals surface area contributed by atoms with Gasteiger partial charge in [-0.05, 0) is 24.1 Å². The van der Waals surface area contributed by atoms with Crippen LogP contribution >= 0.6 is 11.6 Å². The Morgan fingerprint density at radius 2 is 2.07 bits per heavy atom. The summed E-state index contributed by atoms with van der Waals surface area (Å²) in [5.41, 5.74) is 2.66. The van der Waals surface area contributed by atoms with E-state index in [2.05, 4.69) is 28.7 Å². The lowest BCUT2D eigenvalue weighted by Gasteiger charge is -2.35. The lowest BCUT2D eigenvalue weighted by molar-refractivity contribution is -0.132. The third kappa shape index (κ3) is 3.83. The number of piperazine rings is 1. The summed E-state index contributed by atoms with van der Waals surface area (Å²) >= 11 is 6.12. The number of fused-ring (bicyclic) bond motifs is 1. The summed E-state index contributed by atoms with van der Waals surface area (Å²) in [5.74, 6) is 1.57. The topological polar surface area (TPSA) is 65.1 Å². The first kappa shape index (κ1) is 18.7. The van der Waals surface area contributed by atoms with Crippen LogP contribution in [0.2, 0.25) is 5.02 Å². The number of aromatic amines is 1. The van der Waals surface area contributed by atoms with Crippen LogP contribution in [0.4, 0.5) is 5.82 Å². The molecule has 148 valence electrons. The highest BCUT2D eigenvalue weighted by molar-refractivity contribution is 6.31. The zero-order valence-corrected chi connectivity index (χ0v) is 16.9. The molecule has 1 saturated heterocycles. The Bertz CT molecular complexity index is 998. The molecule has 1 amide bonds. The number of hydrogen-bond acceptors (Lipinski definition) is 4. The summed E-state index contributed by atoms with van der Waals surface area (Å²) in [7, 11) is 0. The molecule has 7 heteroatoms. The van der Waals surface area contributed by atoms with Crippen LogP contribution in [0.15, 0.2) is 36.7 Å². The fourth-order valence-electron chi connectivity index (χ4n) is 3.60. The molecular weight excluding hydrogens is 374 g/mol. The van der Waals surface area contributed by atoms with Crippen molar-refractivity contribution < 1.29 is 6.22 Å². The minimum Gasteiger partial charge on any atom is -0.353 e. The number of nitrogens with zero attached hydrogens (tertiary/aromatic N) is 4. The molecule has 0 radical (unpaired) electrons. The second kappa shape index (κ2) is 7.80. The number of carbonyl (C=O) groups excluding carboxylic acids is 1. The molecule has 6 nitrogen and oxygen atoms in total. The van der Waals surface area contributed by atoms with Crippen molar-refractivity contribution in [3.63, 3.8) is 0 Å². The molecule has 1 fully saturated rings. The number of halogens is 1. The van der Waals surface area contributed by atoms with E-state index in [-0.39, 0.29) is 7.33 Å². The van der Waals surface area contributed by atoms with Crippen molar-refractivity contribution in [3.05, 3.63) is 41.7 Å². The van der Waals surface area contributed by atoms with Gasteiger partial charge in [-0.15, -0.1) is 0 Å². The maximum atomic E-state index is 12.3. The SMILES string of the molecule is CC(C)CC(=O)N1CCN(c2cccc(-c3c[nH]c4ncc(Cl)cc34)n2)CC1.[HH]. The van der Waals surface area contributed by atoms with Gasteiger partial charge in [0.15, 0.2) is 0 Å². The molecule has 0 unspecified atom stereocenters. The van der Waals surface area contributed by atoms with Crippen LogP contribution in [0, 0.1) is 5.92 Å². The lowest BCUT2D eigenvalue weighted by Crippen LogP contribution is -2.49. The molecule has 0 bridgehead atoms. The Hall–Kier alpha value is -2.60. The van der Waals surface area contributed by atoms with Crippen molar-refractivity contribution >= 4 is 34.4 Å². The molecular formula is C21H26ClN5O. The Morgan fingerprint density at radius 3 is 2.82 bits per heavy atom. The summed E-state index contributed by atoms with van der Waals surface area (Å²) in [6, 6.07) is 7.94. The quantitative estimate of drug-likeness (QED) is 0.713. The number of aromatic nitrogens is 3. The van der Waals surface area contributed by atoms with Gasteiger partial charge in [0.1, 0.15) is 11.5 Å². The second-order valence-corrected chi connectivity index (χ2v) is 8.04. The van der Waals surface area contributed by atoms with Gasteiger partial charge in [0.2, 0.25) is 5.91 Å². The van der Waals surface area contributed by atoms with Gasteiger partial charge >= 0.3 is 0 Å². The van der Waals surface area contributed by atoms with Gasteiger partial charge in [-0.3, -0.25) is 4.79 Å². The zero-order valence-electron chi connectivity index (χ0n) is 16.2. The normalized spacial score (nSPS) is 14.9. The minimum atomic E-state index is 0. The third-order valence-electron chi connectivity index (χ3n) is 5.05. The van der Waals surface area contributed by atoms with Gasteiger partial charge in [-0.25, -0.2) is 9.97 Å². The van der Waals surface area contributed by atoms with E-state index >= 15 is 0 Å². The summed E-state index contributed by atoms with van der Waals surface area (Å²) < 4.78 is 0. The van der Waals surface area contributed by atoms with Crippen LogP contribution in [0.25, 0.3) is 22.3 Å². The summed E-state index contributed by atoms with van der Waals surface area (Å²) in [4.78, 5) is 28.9. The van der Waals surface area contributed by atoms with Crippen LogP contribution in [-0.2, 0) is 4.79 Å². The number of pyridine rings is 2. The number of anilines is 1. The smallest absolute Gasteiger partial charge is 0.222 e. The van der Waals surface area contributed by atoms with Crippen molar-refractivity contribution in [2.75, 3.05) is 31.1 Å². The van der Waals surface area contributed by atoms with Crippen LogP contribution in [0.5, 0.6) is 0 Å². The Balaban J connectivity index is 0.00000240. The molecule has 0 atom stereocenters. The fourth-order valence-corrected chi connectivity index (χ4v) is 3.76. The van der Waals surface area contributed by atoms with E-state index in [9.17, 15) is 4.79 Å². The molecule has 0 saturated carbocycles. The van der Waals surface area contributed by atoms with Gasteiger partial charge in [0.05, 0.1) is 10.7 Å². The monoisotopic (exact) mass is 399 g/mol. The Kier molecular flexibility index (Phi) is 5.22. The number of amides is 1. The van der Waals surface area contributed by atoms with E-state index in [1.165, 1.54) is 0 Å². The fraction of sp³-hybridized carbons (Fsp3) is 0.381. The first-order valence-electron chi connectivity index (χ1n) is 9.64. The predicted octanol–water partition coefficient (Wildman–Crippen LogP) is 4.22. The van der Waals surface area contributed by atoms with Crippen molar-refractivity contribution in [2.24, 2.45) is 5.92 Å². The van der Waals surface area contributed by atoms with Gasteiger partial charge in [0.25, 0.3) is 0 Å². The first-order valence-corrected chi connectivity index (χ1v) is 10.0. The molecule has 1 aliphatic heterocycles. The van der Waals surface area contributed by atoms with Crippen LogP contribution in [0.3, 0.4) is 0 Å². The van der Waals surface area contributed by atoms with E-state index in [1.54, 1.807) is 6.20 Å². The van der Waals surface area contributed by atoms with E-state index in [0.29, 0.717) is 17.4 Å². The van der Waals surface area contributed by atoms with Gasteiger partial charge < -0.3 is 14.8 Å². The van der Waals surface area contributed by atoms with Gasteiger partial charge in [-0.2, -0.15) is 0 Å². The van der Waals surface area contributed by atoms with Gasteiger partial charge in [0, 0.05) is 57.4 Å². The molecule has 0 aromatic carbocycles. The van der Waals surface area contributed by atoms with E-state index in [1.807, 2.05) is 35.4 Å². The number of hydrogen-bond donors (Lipinski definition) is 1. The summed E-state index contributed by atoms with van der Waals surface area (Å²) in [5, 5.41) is 1.56. The van der Waals surface area contributed by atoms with Crippen LogP contribution in [0.1, 0.15) is 21.7 Å². The second-order valence-electron chi connectivity index (χ2n) is 7.60. The average Bonchev–Trinajstić information content (AvgIpc) is 3.11. The molecule has 4 heterocycles. The van der Waals surface area contributed by atoms with E-state index in [4.69, 9.17) is 16.6 Å². The summed E-state index contributed by atoms with van der Waals surface area (Å²) in [6.45, 7) is 7.23. The molecule has 0 aliphatic carbocycles. The van der Waals surface area contributed by atoms with Crippen molar-refractivity contribution in [1.29, 1.82) is 0 Å². The van der Waals surface area contributed by atoms with Gasteiger partial charge in [-0.1, -0.05) is 31.5 Å². The Labute approximate surface area is 171 Å². The van der Waals surface area contributed by atoms with Crippen LogP contribution in [-0.4, -0.2) is 51.9 Å². The number of carbonyl (C=O) groups is 1. The summed E-state index contributed by atoms with van der Waals surface area (Å²) in [6.07, 6.45) is 4.17. The number of rotatable bonds is 4.